The van der Waals surface area contributed by atoms with E-state index in [1.807, 2.05) is 0 Å². The van der Waals surface area contributed by atoms with E-state index in [1.165, 1.54) is 16.8 Å². The van der Waals surface area contributed by atoms with Gasteiger partial charge in [0, 0.05) is 13.6 Å². The van der Waals surface area contributed by atoms with Crippen molar-refractivity contribution < 1.29 is 24.2 Å². The van der Waals surface area contributed by atoms with Crippen molar-refractivity contribution in [2.75, 3.05) is 26.7 Å². The summed E-state index contributed by atoms with van der Waals surface area (Å²) in [6, 6.07) is -1.18. The Morgan fingerprint density at radius 2 is 2.05 bits per heavy atom. The Balaban J connectivity index is 2.04. The number of likely N-dealkylation sites (tertiary alicyclic amines) is 1. The number of likely N-dealkylation sites (N-methyl/N-ethyl adjacent to an activating group) is 1. The number of hydrogen-bond acceptors (Lipinski definition) is 4. The van der Waals surface area contributed by atoms with Crippen LogP contribution in [-0.2, 0) is 14.3 Å². The second-order valence-corrected chi connectivity index (χ2v) is 5.73. The molecule has 118 valence electrons. The summed E-state index contributed by atoms with van der Waals surface area (Å²) in [6.07, 6.45) is 2.85. The molecule has 2 rings (SSSR count). The lowest BCUT2D eigenvalue weighted by molar-refractivity contribution is -0.143. The van der Waals surface area contributed by atoms with Gasteiger partial charge in [0.05, 0.1) is 6.61 Å². The average molecular weight is 298 g/mol. The largest absolute Gasteiger partial charge is 0.480 e. The Kier molecular flexibility index (Phi) is 4.69. The number of amides is 2. The molecule has 21 heavy (non-hydrogen) atoms. The molecule has 1 saturated carbocycles. The molecule has 0 aromatic heterocycles. The Labute approximate surface area is 123 Å². The second-order valence-electron chi connectivity index (χ2n) is 5.73. The number of ether oxygens (including phenoxy) is 1. The molecular formula is C14H22N2O5. The normalized spacial score (nSPS) is 27.3. The number of aliphatic carboxylic acids is 1. The van der Waals surface area contributed by atoms with Gasteiger partial charge in [-0.25, -0.2) is 9.59 Å². The minimum absolute atomic E-state index is 0.0439. The van der Waals surface area contributed by atoms with Crippen molar-refractivity contribution in [1.29, 1.82) is 0 Å². The number of carboxylic acids is 1. The number of carboxylic acid groups (broad SMARTS) is 1. The number of nitrogens with zero attached hydrogens (tertiary/aromatic N) is 2. The van der Waals surface area contributed by atoms with Gasteiger partial charge in [-0.3, -0.25) is 4.79 Å². The molecular weight excluding hydrogens is 276 g/mol. The van der Waals surface area contributed by atoms with Crippen LogP contribution in [0.25, 0.3) is 0 Å². The zero-order valence-electron chi connectivity index (χ0n) is 12.4. The molecule has 0 spiro atoms. The van der Waals surface area contributed by atoms with Crippen LogP contribution >= 0.6 is 0 Å². The maximum absolute atomic E-state index is 12.4. The van der Waals surface area contributed by atoms with Crippen molar-refractivity contribution >= 4 is 18.0 Å². The zero-order valence-corrected chi connectivity index (χ0v) is 12.4. The molecule has 2 amide bonds. The van der Waals surface area contributed by atoms with E-state index in [0.717, 1.165) is 19.3 Å². The molecule has 0 bridgehead atoms. The van der Waals surface area contributed by atoms with E-state index in [9.17, 15) is 19.5 Å². The number of fused-ring (bicyclic) bond motifs is 1. The zero-order chi connectivity index (χ0) is 15.6. The Morgan fingerprint density at radius 1 is 1.33 bits per heavy atom. The predicted octanol–water partition coefficient (Wildman–Crippen LogP) is 0.786. The van der Waals surface area contributed by atoms with Gasteiger partial charge >= 0.3 is 18.0 Å². The van der Waals surface area contributed by atoms with E-state index in [1.54, 1.807) is 6.92 Å². The van der Waals surface area contributed by atoms with Gasteiger partial charge < -0.3 is 19.6 Å². The molecule has 7 heteroatoms. The van der Waals surface area contributed by atoms with Gasteiger partial charge in [-0.15, -0.1) is 0 Å². The van der Waals surface area contributed by atoms with Crippen LogP contribution in [0.4, 0.5) is 4.79 Å². The van der Waals surface area contributed by atoms with Crippen molar-refractivity contribution in [3.8, 4) is 0 Å². The predicted molar refractivity (Wildman–Crippen MR) is 73.6 cm³/mol. The number of carbonyl (C=O) groups excluding carboxylic acids is 2. The highest BCUT2D eigenvalue weighted by molar-refractivity contribution is 5.86. The summed E-state index contributed by atoms with van der Waals surface area (Å²) in [4.78, 5) is 38.0. The smallest absolute Gasteiger partial charge is 0.326 e. The molecule has 2 fully saturated rings. The summed E-state index contributed by atoms with van der Waals surface area (Å²) in [5.41, 5.74) is 0. The minimum Gasteiger partial charge on any atom is -0.480 e. The highest BCUT2D eigenvalue weighted by Crippen LogP contribution is 2.42. The van der Waals surface area contributed by atoms with Crippen LogP contribution in [0.5, 0.6) is 0 Å². The quantitative estimate of drug-likeness (QED) is 0.775. The van der Waals surface area contributed by atoms with Gasteiger partial charge in [0.15, 0.2) is 0 Å². The summed E-state index contributed by atoms with van der Waals surface area (Å²) >= 11 is 0. The van der Waals surface area contributed by atoms with Crippen LogP contribution in [0.3, 0.4) is 0 Å². The van der Waals surface area contributed by atoms with E-state index >= 15 is 0 Å². The summed E-state index contributed by atoms with van der Waals surface area (Å²) in [5, 5.41) is 9.42. The molecule has 1 aliphatic carbocycles. The fourth-order valence-corrected chi connectivity index (χ4v) is 3.51. The lowest BCUT2D eigenvalue weighted by Gasteiger charge is -2.28. The first-order valence-electron chi connectivity index (χ1n) is 7.35. The number of urea groups is 1. The number of rotatable bonds is 4. The Morgan fingerprint density at radius 3 is 2.67 bits per heavy atom. The van der Waals surface area contributed by atoms with Crippen LogP contribution in [0.2, 0.25) is 0 Å². The highest BCUT2D eigenvalue weighted by atomic mass is 16.5. The summed E-state index contributed by atoms with van der Waals surface area (Å²) in [5.74, 6) is -1.13. The first kappa shape index (κ1) is 15.6. The average Bonchev–Trinajstić information content (AvgIpc) is 2.96. The van der Waals surface area contributed by atoms with Crippen molar-refractivity contribution in [2.24, 2.45) is 11.8 Å². The third-order valence-corrected chi connectivity index (χ3v) is 4.39. The second kappa shape index (κ2) is 6.32. The van der Waals surface area contributed by atoms with Crippen molar-refractivity contribution in [2.45, 2.75) is 32.2 Å². The number of carbonyl (C=O) groups is 3. The van der Waals surface area contributed by atoms with Gasteiger partial charge in [0.1, 0.15) is 12.6 Å². The first-order chi connectivity index (χ1) is 9.95. The summed E-state index contributed by atoms with van der Waals surface area (Å²) in [6.45, 7) is 2.26. The monoisotopic (exact) mass is 298 g/mol. The molecule has 2 aliphatic rings. The van der Waals surface area contributed by atoms with Gasteiger partial charge in [0.2, 0.25) is 0 Å². The highest BCUT2D eigenvalue weighted by Gasteiger charge is 2.50. The molecule has 1 saturated heterocycles. The lowest BCUT2D eigenvalue weighted by Crippen LogP contribution is -2.49. The van der Waals surface area contributed by atoms with Crippen LogP contribution in [0.1, 0.15) is 26.2 Å². The number of esters is 1. The molecule has 0 aromatic carbocycles. The Bertz CT molecular complexity index is 439. The first-order valence-corrected chi connectivity index (χ1v) is 7.35. The summed E-state index contributed by atoms with van der Waals surface area (Å²) < 4.78 is 4.81. The van der Waals surface area contributed by atoms with E-state index in [4.69, 9.17) is 4.74 Å². The molecule has 3 unspecified atom stereocenters. The molecule has 1 N–H and O–H groups in total. The topological polar surface area (TPSA) is 87.2 Å². The molecule has 0 radical (unpaired) electrons. The maximum Gasteiger partial charge on any atom is 0.326 e. The van der Waals surface area contributed by atoms with Gasteiger partial charge in [-0.2, -0.15) is 0 Å². The van der Waals surface area contributed by atoms with E-state index < -0.39 is 24.0 Å². The van der Waals surface area contributed by atoms with Crippen molar-refractivity contribution in [3.63, 3.8) is 0 Å². The number of hydrogen-bond donors (Lipinski definition) is 1. The molecule has 1 aliphatic heterocycles. The van der Waals surface area contributed by atoms with E-state index in [-0.39, 0.29) is 25.0 Å². The van der Waals surface area contributed by atoms with Crippen LogP contribution < -0.4 is 0 Å². The van der Waals surface area contributed by atoms with E-state index in [2.05, 4.69) is 0 Å². The molecule has 3 atom stereocenters. The van der Waals surface area contributed by atoms with Crippen molar-refractivity contribution in [3.05, 3.63) is 0 Å². The third-order valence-electron chi connectivity index (χ3n) is 4.39. The Hall–Kier alpha value is -1.79. The lowest BCUT2D eigenvalue weighted by atomic mass is 9.94. The standard InChI is InChI=1S/C14H22N2O5/c1-3-21-11(17)8-15(2)14(20)16-7-9-5-4-6-10(9)12(16)13(18)19/h9-10,12H,3-8H2,1-2H3,(H,18,19). The van der Waals surface area contributed by atoms with Gasteiger partial charge in [-0.1, -0.05) is 6.42 Å². The van der Waals surface area contributed by atoms with Crippen molar-refractivity contribution in [1.82, 2.24) is 9.80 Å². The van der Waals surface area contributed by atoms with Crippen LogP contribution in [0.15, 0.2) is 0 Å². The van der Waals surface area contributed by atoms with Gasteiger partial charge in [0.25, 0.3) is 0 Å². The molecule has 7 nitrogen and oxygen atoms in total. The fraction of sp³-hybridized carbons (Fsp3) is 0.786. The summed E-state index contributed by atoms with van der Waals surface area (Å²) in [7, 11) is 1.49. The van der Waals surface area contributed by atoms with Gasteiger partial charge in [-0.05, 0) is 31.6 Å². The SMILES string of the molecule is CCOC(=O)CN(C)C(=O)N1CC2CCCC2C1C(=O)O. The maximum atomic E-state index is 12.4. The minimum atomic E-state index is -0.956. The van der Waals surface area contributed by atoms with Crippen LogP contribution in [0, 0.1) is 11.8 Å². The molecule has 0 aromatic rings. The van der Waals surface area contributed by atoms with Crippen LogP contribution in [-0.4, -0.2) is 65.7 Å². The van der Waals surface area contributed by atoms with E-state index in [0.29, 0.717) is 6.54 Å². The molecule has 1 heterocycles. The fourth-order valence-electron chi connectivity index (χ4n) is 3.51. The third kappa shape index (κ3) is 3.11.